The summed E-state index contributed by atoms with van der Waals surface area (Å²) in [6, 6.07) is 30.9. The van der Waals surface area contributed by atoms with Gasteiger partial charge in [0.05, 0.1) is 12.1 Å². The Morgan fingerprint density at radius 2 is 1.43 bits per heavy atom. The highest BCUT2D eigenvalue weighted by molar-refractivity contribution is 5.87. The number of aromatic nitrogens is 3. The molecule has 0 amide bonds. The van der Waals surface area contributed by atoms with Crippen molar-refractivity contribution in [1.82, 2.24) is 15.0 Å². The number of anilines is 1. The van der Waals surface area contributed by atoms with Gasteiger partial charge in [-0.1, -0.05) is 91.0 Å². The smallest absolute Gasteiger partial charge is 0.164 e. The van der Waals surface area contributed by atoms with E-state index in [0.29, 0.717) is 16.9 Å². The zero-order chi connectivity index (χ0) is 29.0. The van der Waals surface area contributed by atoms with E-state index in [4.69, 9.17) is 24.7 Å². The van der Waals surface area contributed by atoms with Gasteiger partial charge in [-0.15, -0.1) is 0 Å². The summed E-state index contributed by atoms with van der Waals surface area (Å²) in [4.78, 5) is 11.9. The van der Waals surface area contributed by atoms with Crippen molar-refractivity contribution < 1.29 is 18.9 Å². The van der Waals surface area contributed by atoms with E-state index in [0.717, 1.165) is 22.3 Å². The van der Waals surface area contributed by atoms with E-state index in [1.807, 2.05) is 81.6 Å². The molecule has 0 spiro atoms. The zero-order valence-corrected chi connectivity index (χ0v) is 23.9. The maximum Gasteiger partial charge on any atom is 0.164 e. The summed E-state index contributed by atoms with van der Waals surface area (Å²) in [5.41, 5.74) is 9.73. The molecule has 0 saturated carbocycles. The van der Waals surface area contributed by atoms with Crippen molar-refractivity contribution in [2.24, 2.45) is 0 Å². The first kappa shape index (κ1) is 26.8. The molecular formula is C34H34N4O4. The Labute approximate surface area is 244 Å². The van der Waals surface area contributed by atoms with Gasteiger partial charge in [0.15, 0.2) is 11.6 Å². The number of nitrogens with zero attached hydrogens (tertiary/aromatic N) is 2. The van der Waals surface area contributed by atoms with E-state index in [1.54, 1.807) is 0 Å². The Balaban J connectivity index is 1.31. The van der Waals surface area contributed by atoms with Crippen LogP contribution in [0, 0.1) is 0 Å². The van der Waals surface area contributed by atoms with Crippen molar-refractivity contribution >= 4 is 16.9 Å². The first-order valence-corrected chi connectivity index (χ1v) is 14.2. The van der Waals surface area contributed by atoms with Crippen LogP contribution in [0.3, 0.4) is 0 Å². The van der Waals surface area contributed by atoms with Crippen LogP contribution < -0.4 is 5.73 Å². The molecule has 0 bridgehead atoms. The first-order valence-electron chi connectivity index (χ1n) is 14.2. The van der Waals surface area contributed by atoms with Crippen LogP contribution in [-0.4, -0.2) is 45.2 Å². The Kier molecular flexibility index (Phi) is 6.40. The third-order valence-electron chi connectivity index (χ3n) is 8.42. The molecule has 2 unspecified atom stereocenters. The average molecular weight is 563 g/mol. The number of aromatic amines is 1. The predicted octanol–water partition coefficient (Wildman–Crippen LogP) is 5.90. The van der Waals surface area contributed by atoms with Gasteiger partial charge in [-0.05, 0) is 37.5 Å². The lowest BCUT2D eigenvalue weighted by Crippen LogP contribution is -2.42. The molecule has 0 aliphatic carbocycles. The number of ether oxygens (including phenoxy) is 4. The zero-order valence-electron chi connectivity index (χ0n) is 23.9. The molecule has 0 radical (unpaired) electrons. The number of nitrogens with one attached hydrogen (secondary N) is 1. The molecule has 8 heteroatoms. The van der Waals surface area contributed by atoms with Crippen LogP contribution in [0.5, 0.6) is 0 Å². The van der Waals surface area contributed by atoms with Crippen molar-refractivity contribution in [2.75, 3.05) is 12.3 Å². The third kappa shape index (κ3) is 4.22. The SMILES string of the molecule is CC1(C)O[C@@H]2C(COC(c3ccccc3)(c3ccccc3)c3ccccc3)OC(c3c[nH]c4c(N)ncnc34)[C@]2(C)O1. The van der Waals surface area contributed by atoms with E-state index in [2.05, 4.69) is 51.4 Å². The number of hydrogen-bond acceptors (Lipinski definition) is 7. The molecule has 2 saturated heterocycles. The van der Waals surface area contributed by atoms with Gasteiger partial charge < -0.3 is 29.7 Å². The third-order valence-corrected chi connectivity index (χ3v) is 8.42. The summed E-state index contributed by atoms with van der Waals surface area (Å²) in [6.07, 6.45) is 2.01. The van der Waals surface area contributed by atoms with Crippen LogP contribution in [0.15, 0.2) is 104 Å². The van der Waals surface area contributed by atoms with E-state index >= 15 is 0 Å². The minimum Gasteiger partial charge on any atom is -0.382 e. The monoisotopic (exact) mass is 562 g/mol. The van der Waals surface area contributed by atoms with Crippen molar-refractivity contribution in [1.29, 1.82) is 0 Å². The largest absolute Gasteiger partial charge is 0.382 e. The lowest BCUT2D eigenvalue weighted by molar-refractivity contribution is -0.210. The summed E-state index contributed by atoms with van der Waals surface area (Å²) < 4.78 is 27.1. The molecule has 2 aliphatic heterocycles. The molecular weight excluding hydrogens is 528 g/mol. The predicted molar refractivity (Wildman–Crippen MR) is 160 cm³/mol. The molecule has 2 fully saturated rings. The number of rotatable bonds is 7. The highest BCUT2D eigenvalue weighted by Crippen LogP contribution is 2.54. The van der Waals surface area contributed by atoms with Crippen LogP contribution >= 0.6 is 0 Å². The van der Waals surface area contributed by atoms with Gasteiger partial charge in [0.1, 0.15) is 41.4 Å². The second kappa shape index (κ2) is 10.0. The molecule has 4 heterocycles. The summed E-state index contributed by atoms with van der Waals surface area (Å²) in [5.74, 6) is -0.428. The topological polar surface area (TPSA) is 105 Å². The second-order valence-corrected chi connectivity index (χ2v) is 11.6. The number of nitrogen functional groups attached to an aromatic ring is 1. The normalized spacial score (nSPS) is 25.1. The highest BCUT2D eigenvalue weighted by atomic mass is 16.8. The molecule has 8 nitrogen and oxygen atoms in total. The fraction of sp³-hybridized carbons (Fsp3) is 0.294. The van der Waals surface area contributed by atoms with Gasteiger partial charge in [-0.3, -0.25) is 0 Å². The Hall–Kier alpha value is -4.08. The molecule has 4 atom stereocenters. The molecule has 42 heavy (non-hydrogen) atoms. The fourth-order valence-electron chi connectivity index (χ4n) is 6.73. The molecule has 2 aliphatic rings. The highest BCUT2D eigenvalue weighted by Gasteiger charge is 2.64. The minimum atomic E-state index is -0.890. The number of H-pyrrole nitrogens is 1. The Bertz CT molecular complexity index is 1600. The van der Waals surface area contributed by atoms with Crippen molar-refractivity contribution in [2.45, 2.75) is 56.1 Å². The lowest BCUT2D eigenvalue weighted by atomic mass is 9.80. The minimum absolute atomic E-state index is 0.244. The second-order valence-electron chi connectivity index (χ2n) is 11.6. The van der Waals surface area contributed by atoms with Gasteiger partial charge in [0, 0.05) is 11.8 Å². The maximum atomic E-state index is 7.15. The van der Waals surface area contributed by atoms with E-state index < -0.39 is 35.3 Å². The van der Waals surface area contributed by atoms with Gasteiger partial charge >= 0.3 is 0 Å². The average Bonchev–Trinajstić information content (AvgIpc) is 3.62. The first-order chi connectivity index (χ1) is 20.3. The summed E-state index contributed by atoms with van der Waals surface area (Å²) in [6.45, 7) is 6.15. The van der Waals surface area contributed by atoms with Gasteiger partial charge in [0.25, 0.3) is 0 Å². The van der Waals surface area contributed by atoms with E-state index in [-0.39, 0.29) is 6.61 Å². The van der Waals surface area contributed by atoms with Gasteiger partial charge in [0.2, 0.25) is 0 Å². The number of hydrogen-bond donors (Lipinski definition) is 2. The van der Waals surface area contributed by atoms with Crippen LogP contribution in [0.25, 0.3) is 11.0 Å². The van der Waals surface area contributed by atoms with Crippen molar-refractivity contribution in [3.8, 4) is 0 Å². The van der Waals surface area contributed by atoms with Crippen LogP contribution in [-0.2, 0) is 24.5 Å². The van der Waals surface area contributed by atoms with Gasteiger partial charge in [-0.2, -0.15) is 0 Å². The van der Waals surface area contributed by atoms with Crippen molar-refractivity contribution in [3.63, 3.8) is 0 Å². The summed E-state index contributed by atoms with van der Waals surface area (Å²) in [5, 5.41) is 0. The van der Waals surface area contributed by atoms with E-state index in [1.165, 1.54) is 6.33 Å². The van der Waals surface area contributed by atoms with Crippen LogP contribution in [0.4, 0.5) is 5.82 Å². The van der Waals surface area contributed by atoms with Gasteiger partial charge in [-0.25, -0.2) is 9.97 Å². The molecule has 214 valence electrons. The summed E-state index contributed by atoms with van der Waals surface area (Å²) in [7, 11) is 0. The summed E-state index contributed by atoms with van der Waals surface area (Å²) >= 11 is 0. The Morgan fingerprint density at radius 1 is 0.857 bits per heavy atom. The van der Waals surface area contributed by atoms with Crippen molar-refractivity contribution in [3.05, 3.63) is 126 Å². The quantitative estimate of drug-likeness (QED) is 0.238. The molecule has 3 aromatic carbocycles. The van der Waals surface area contributed by atoms with Crippen LogP contribution in [0.1, 0.15) is 49.1 Å². The lowest BCUT2D eigenvalue weighted by Gasteiger charge is -2.37. The standard InChI is InChI=1S/C34H34N4O4/c1-32(2)41-30-26(40-29(33(30,3)42-32)25-19-36-28-27(25)37-21-38-31(28)35)20-39-34(22-13-7-4-8-14-22,23-15-9-5-10-16-23)24-17-11-6-12-18-24/h4-19,21,26,29-30,36H,20H2,1-3H3,(H2,35,37,38)/t26?,29?,30-,33+/m1/s1. The molecule has 2 aromatic heterocycles. The number of fused-ring (bicyclic) bond motifs is 2. The molecule has 3 N–H and O–H groups in total. The molecule has 7 rings (SSSR count). The maximum absolute atomic E-state index is 7.15. The number of nitrogens with two attached hydrogens (primary N) is 1. The Morgan fingerprint density at radius 3 is 2.00 bits per heavy atom. The van der Waals surface area contributed by atoms with E-state index in [9.17, 15) is 0 Å². The van der Waals surface area contributed by atoms with Crippen LogP contribution in [0.2, 0.25) is 0 Å². The molecule has 5 aromatic rings. The number of benzene rings is 3. The fourth-order valence-corrected chi connectivity index (χ4v) is 6.73.